The summed E-state index contributed by atoms with van der Waals surface area (Å²) in [5.41, 5.74) is 7.02. The number of hydrogen-bond donors (Lipinski definition) is 1. The second kappa shape index (κ2) is 9.30. The zero-order chi connectivity index (χ0) is 24.8. The number of nitrogens with zero attached hydrogens (tertiary/aromatic N) is 3. The predicted octanol–water partition coefficient (Wildman–Crippen LogP) is 1.04. The molecule has 0 unspecified atom stereocenters. The highest BCUT2D eigenvalue weighted by atomic mass is 32.2. The number of piperidine rings is 1. The minimum absolute atomic E-state index is 0.0451. The molecule has 3 saturated heterocycles. The molecule has 0 radical (unpaired) electrons. The van der Waals surface area contributed by atoms with Gasteiger partial charge in [0.05, 0.1) is 24.3 Å². The first-order chi connectivity index (χ1) is 16.0. The van der Waals surface area contributed by atoms with Crippen LogP contribution in [-0.2, 0) is 26.2 Å². The van der Waals surface area contributed by atoms with Gasteiger partial charge in [-0.3, -0.25) is 19.3 Å². The topological polar surface area (TPSA) is 121 Å². The van der Waals surface area contributed by atoms with Crippen molar-refractivity contribution in [3.63, 3.8) is 0 Å². The van der Waals surface area contributed by atoms with Crippen molar-refractivity contribution in [3.8, 4) is 0 Å². The molecule has 3 aliphatic rings. The molecular weight excluding hydrogens is 456 g/mol. The van der Waals surface area contributed by atoms with Crippen LogP contribution in [0, 0.1) is 17.8 Å². The van der Waals surface area contributed by atoms with E-state index >= 15 is 0 Å². The molecule has 3 aliphatic heterocycles. The van der Waals surface area contributed by atoms with Crippen LogP contribution in [0.25, 0.3) is 0 Å². The molecule has 3 heterocycles. The maximum atomic E-state index is 13.4. The average Bonchev–Trinajstić information content (AvgIpc) is 3.30. The molecule has 0 aliphatic carbocycles. The van der Waals surface area contributed by atoms with Gasteiger partial charge in [0.15, 0.2) is 0 Å². The van der Waals surface area contributed by atoms with Crippen LogP contribution in [-0.4, -0.2) is 78.2 Å². The molecule has 0 bridgehead atoms. The number of nitrogens with two attached hydrogens (primary N) is 1. The third kappa shape index (κ3) is 4.57. The number of likely N-dealkylation sites (tertiary alicyclic amines) is 2. The number of sulfonamides is 1. The molecule has 4 rings (SSSR count). The molecule has 0 saturated carbocycles. The Labute approximate surface area is 201 Å². The van der Waals surface area contributed by atoms with E-state index in [-0.39, 0.29) is 23.7 Å². The van der Waals surface area contributed by atoms with E-state index in [0.29, 0.717) is 18.5 Å². The van der Waals surface area contributed by atoms with Gasteiger partial charge in [0.1, 0.15) is 0 Å². The normalized spacial score (nSPS) is 26.4. The summed E-state index contributed by atoms with van der Waals surface area (Å²) in [6, 6.07) is 6.53. The highest BCUT2D eigenvalue weighted by molar-refractivity contribution is 7.88. The number of benzene rings is 1. The standard InChI is InChI=1S/C24H34N4O5S/c1-15(2)20-21-19(28(24(20)31)34(3,32)33)10-13-27(21)23(30)18-6-4-16(5-7-18)14-26-11-8-17(9-12-26)22(25)29/h4-7,15,17,19-21H,8-14H2,1-3H3,(H2,25,29)/t19-,20+,21-/m0/s1. The summed E-state index contributed by atoms with van der Waals surface area (Å²) in [4.78, 5) is 41.7. The zero-order valence-corrected chi connectivity index (χ0v) is 20.8. The lowest BCUT2D eigenvalue weighted by Crippen LogP contribution is -2.44. The van der Waals surface area contributed by atoms with Gasteiger partial charge >= 0.3 is 0 Å². The van der Waals surface area contributed by atoms with Gasteiger partial charge in [-0.25, -0.2) is 12.7 Å². The second-order valence-electron chi connectivity index (χ2n) is 10.2. The van der Waals surface area contributed by atoms with E-state index < -0.39 is 33.9 Å². The Morgan fingerprint density at radius 2 is 1.68 bits per heavy atom. The molecule has 2 N–H and O–H groups in total. The molecular formula is C24H34N4O5S. The van der Waals surface area contributed by atoms with Crippen LogP contribution in [0.15, 0.2) is 24.3 Å². The van der Waals surface area contributed by atoms with E-state index in [1.165, 1.54) is 0 Å². The van der Waals surface area contributed by atoms with Gasteiger partial charge in [-0.15, -0.1) is 0 Å². The molecule has 3 amide bonds. The summed E-state index contributed by atoms with van der Waals surface area (Å²) in [6.07, 6.45) is 3.05. The zero-order valence-electron chi connectivity index (χ0n) is 20.0. The van der Waals surface area contributed by atoms with Crippen molar-refractivity contribution in [2.24, 2.45) is 23.5 Å². The lowest BCUT2D eigenvalue weighted by molar-refractivity contribution is -0.129. The largest absolute Gasteiger partial charge is 0.369 e. The lowest BCUT2D eigenvalue weighted by atomic mass is 9.88. The van der Waals surface area contributed by atoms with Gasteiger partial charge < -0.3 is 10.6 Å². The van der Waals surface area contributed by atoms with Crippen molar-refractivity contribution >= 4 is 27.7 Å². The van der Waals surface area contributed by atoms with E-state index in [1.807, 2.05) is 26.0 Å². The van der Waals surface area contributed by atoms with Gasteiger partial charge in [-0.2, -0.15) is 0 Å². The predicted molar refractivity (Wildman–Crippen MR) is 127 cm³/mol. The summed E-state index contributed by atoms with van der Waals surface area (Å²) in [5.74, 6) is -1.46. The van der Waals surface area contributed by atoms with E-state index in [1.54, 1.807) is 17.0 Å². The highest BCUT2D eigenvalue weighted by Crippen LogP contribution is 2.41. The Balaban J connectivity index is 1.46. The maximum Gasteiger partial charge on any atom is 0.254 e. The SMILES string of the molecule is CC(C)[C@H]1C(=O)N(S(C)(=O)=O)[C@H]2CCN(C(=O)c3ccc(CN4CCC(C(N)=O)CC4)cc3)[C@H]12. The molecule has 9 nitrogen and oxygen atoms in total. The Bertz CT molecular complexity index is 1060. The minimum Gasteiger partial charge on any atom is -0.369 e. The lowest BCUT2D eigenvalue weighted by Gasteiger charge is -2.30. The van der Waals surface area contributed by atoms with Crippen molar-refractivity contribution in [1.29, 1.82) is 0 Å². The third-order valence-corrected chi connectivity index (χ3v) is 8.69. The molecule has 0 spiro atoms. The van der Waals surface area contributed by atoms with Crippen molar-refractivity contribution in [3.05, 3.63) is 35.4 Å². The molecule has 0 aromatic heterocycles. The van der Waals surface area contributed by atoms with E-state index in [2.05, 4.69) is 4.90 Å². The molecule has 3 atom stereocenters. The quantitative estimate of drug-likeness (QED) is 0.636. The summed E-state index contributed by atoms with van der Waals surface area (Å²) in [6.45, 7) is 6.58. The van der Waals surface area contributed by atoms with Gasteiger partial charge in [-0.05, 0) is 56.0 Å². The van der Waals surface area contributed by atoms with Crippen LogP contribution in [0.3, 0.4) is 0 Å². The van der Waals surface area contributed by atoms with Gasteiger partial charge in [0.2, 0.25) is 21.8 Å². The fourth-order valence-electron chi connectivity index (χ4n) is 5.82. The number of carbonyl (C=O) groups excluding carboxylic acids is 3. The van der Waals surface area contributed by atoms with Crippen LogP contribution in [0.5, 0.6) is 0 Å². The fourth-order valence-corrected chi connectivity index (χ4v) is 6.99. The Morgan fingerprint density at radius 3 is 2.21 bits per heavy atom. The summed E-state index contributed by atoms with van der Waals surface area (Å²) in [7, 11) is -3.70. The summed E-state index contributed by atoms with van der Waals surface area (Å²) >= 11 is 0. The molecule has 3 fully saturated rings. The number of hydrogen-bond acceptors (Lipinski definition) is 6. The maximum absolute atomic E-state index is 13.4. The van der Waals surface area contributed by atoms with Crippen LogP contribution in [0.2, 0.25) is 0 Å². The van der Waals surface area contributed by atoms with Crippen LogP contribution in [0.4, 0.5) is 0 Å². The summed E-state index contributed by atoms with van der Waals surface area (Å²) < 4.78 is 25.7. The second-order valence-corrected chi connectivity index (χ2v) is 12.0. The number of amides is 3. The van der Waals surface area contributed by atoms with Crippen LogP contribution < -0.4 is 5.73 Å². The Morgan fingerprint density at radius 1 is 1.06 bits per heavy atom. The van der Waals surface area contributed by atoms with E-state index in [0.717, 1.165) is 48.6 Å². The summed E-state index contributed by atoms with van der Waals surface area (Å²) in [5, 5.41) is 0. The van der Waals surface area contributed by atoms with E-state index in [4.69, 9.17) is 5.73 Å². The fraction of sp³-hybridized carbons (Fsp3) is 0.625. The third-order valence-electron chi connectivity index (χ3n) is 7.52. The van der Waals surface area contributed by atoms with Crippen molar-refractivity contribution in [1.82, 2.24) is 14.1 Å². The molecule has 186 valence electrons. The first kappa shape index (κ1) is 24.7. The smallest absolute Gasteiger partial charge is 0.254 e. The van der Waals surface area contributed by atoms with Gasteiger partial charge in [-0.1, -0.05) is 26.0 Å². The molecule has 1 aromatic carbocycles. The number of rotatable bonds is 6. The first-order valence-electron chi connectivity index (χ1n) is 11.9. The highest BCUT2D eigenvalue weighted by Gasteiger charge is 2.58. The number of fused-ring (bicyclic) bond motifs is 1. The molecule has 10 heteroatoms. The molecule has 1 aromatic rings. The number of primary amides is 1. The van der Waals surface area contributed by atoms with Crippen molar-refractivity contribution in [2.45, 2.75) is 51.7 Å². The Hall–Kier alpha value is -2.46. The van der Waals surface area contributed by atoms with Crippen LogP contribution >= 0.6 is 0 Å². The van der Waals surface area contributed by atoms with Crippen LogP contribution in [0.1, 0.15) is 49.0 Å². The monoisotopic (exact) mass is 490 g/mol. The number of carbonyl (C=O) groups is 3. The average molecular weight is 491 g/mol. The van der Waals surface area contributed by atoms with E-state index in [9.17, 15) is 22.8 Å². The minimum atomic E-state index is -3.70. The first-order valence-corrected chi connectivity index (χ1v) is 13.8. The van der Waals surface area contributed by atoms with Crippen molar-refractivity contribution < 1.29 is 22.8 Å². The molecule has 34 heavy (non-hydrogen) atoms. The van der Waals surface area contributed by atoms with Crippen molar-refractivity contribution in [2.75, 3.05) is 25.9 Å². The van der Waals surface area contributed by atoms with Gasteiger partial charge in [0, 0.05) is 24.6 Å². The van der Waals surface area contributed by atoms with Gasteiger partial charge in [0.25, 0.3) is 5.91 Å². The Kier molecular flexibility index (Phi) is 6.74.